The van der Waals surface area contributed by atoms with Gasteiger partial charge in [-0.2, -0.15) is 0 Å². The van der Waals surface area contributed by atoms with Gasteiger partial charge in [0.2, 0.25) is 0 Å². The molecule has 0 radical (unpaired) electrons. The lowest BCUT2D eigenvalue weighted by Crippen LogP contribution is -2.38. The summed E-state index contributed by atoms with van der Waals surface area (Å²) in [5.41, 5.74) is 2.27. The van der Waals surface area contributed by atoms with Crippen molar-refractivity contribution in [1.82, 2.24) is 0 Å². The molecule has 1 aliphatic rings. The van der Waals surface area contributed by atoms with E-state index in [0.717, 1.165) is 18.7 Å². The second-order valence-corrected chi connectivity index (χ2v) is 5.24. The molecule has 1 unspecified atom stereocenters. The van der Waals surface area contributed by atoms with Crippen LogP contribution in [0.4, 0.5) is 5.69 Å². The second kappa shape index (κ2) is 5.37. The Bertz CT molecular complexity index is 628. The van der Waals surface area contributed by atoms with Crippen molar-refractivity contribution < 1.29 is 9.21 Å². The van der Waals surface area contributed by atoms with Crippen LogP contribution >= 0.6 is 0 Å². The van der Waals surface area contributed by atoms with Gasteiger partial charge in [-0.3, -0.25) is 4.79 Å². The van der Waals surface area contributed by atoms with E-state index in [9.17, 15) is 4.79 Å². The molecule has 0 saturated carbocycles. The van der Waals surface area contributed by atoms with E-state index < -0.39 is 0 Å². The molecule has 1 amide bonds. The van der Waals surface area contributed by atoms with E-state index >= 15 is 0 Å². The van der Waals surface area contributed by atoms with Crippen molar-refractivity contribution in [2.75, 3.05) is 11.4 Å². The van der Waals surface area contributed by atoms with Crippen molar-refractivity contribution in [2.24, 2.45) is 5.92 Å². The molecule has 2 heterocycles. The van der Waals surface area contributed by atoms with Crippen molar-refractivity contribution in [3.63, 3.8) is 0 Å². The summed E-state index contributed by atoms with van der Waals surface area (Å²) >= 11 is 0. The Balaban J connectivity index is 1.84. The average Bonchev–Trinajstić information content (AvgIpc) is 2.97. The van der Waals surface area contributed by atoms with Crippen LogP contribution in [0.2, 0.25) is 0 Å². The first-order valence-electron chi connectivity index (χ1n) is 6.85. The quantitative estimate of drug-likeness (QED) is 0.780. The molecule has 0 N–H and O–H groups in total. The highest BCUT2D eigenvalue weighted by Crippen LogP contribution is 2.29. The fourth-order valence-electron chi connectivity index (χ4n) is 2.63. The third-order valence-electron chi connectivity index (χ3n) is 3.54. The molecule has 0 spiro atoms. The summed E-state index contributed by atoms with van der Waals surface area (Å²) in [7, 11) is 0. The monoisotopic (exact) mass is 267 g/mol. The summed E-state index contributed by atoms with van der Waals surface area (Å²) in [5, 5.41) is 0. The predicted molar refractivity (Wildman–Crippen MR) is 79.4 cm³/mol. The summed E-state index contributed by atoms with van der Waals surface area (Å²) in [6.45, 7) is 2.94. The van der Waals surface area contributed by atoms with Crippen LogP contribution < -0.4 is 4.90 Å². The number of amides is 1. The first-order valence-corrected chi connectivity index (χ1v) is 6.85. The molecule has 0 aliphatic carbocycles. The number of benzene rings is 1. The zero-order valence-electron chi connectivity index (χ0n) is 11.5. The Kier molecular flexibility index (Phi) is 3.42. The molecule has 3 nitrogen and oxygen atoms in total. The molecule has 3 heteroatoms. The largest absolute Gasteiger partial charge is 0.465 e. The van der Waals surface area contributed by atoms with Gasteiger partial charge in [0.25, 0.3) is 5.91 Å². The van der Waals surface area contributed by atoms with Crippen LogP contribution in [0.25, 0.3) is 6.08 Å². The summed E-state index contributed by atoms with van der Waals surface area (Å²) in [4.78, 5) is 14.2. The number of hydrogen-bond acceptors (Lipinski definition) is 2. The van der Waals surface area contributed by atoms with E-state index in [-0.39, 0.29) is 5.91 Å². The van der Waals surface area contributed by atoms with Crippen LogP contribution in [0, 0.1) is 5.92 Å². The molecule has 0 saturated heterocycles. The third-order valence-corrected chi connectivity index (χ3v) is 3.54. The zero-order valence-corrected chi connectivity index (χ0v) is 11.5. The number of fused-ring (bicyclic) bond motifs is 1. The van der Waals surface area contributed by atoms with Crippen molar-refractivity contribution in [1.29, 1.82) is 0 Å². The summed E-state index contributed by atoms with van der Waals surface area (Å²) in [6, 6.07) is 11.8. The molecule has 1 aromatic heterocycles. The molecule has 0 fully saturated rings. The minimum Gasteiger partial charge on any atom is -0.465 e. The van der Waals surface area contributed by atoms with Gasteiger partial charge in [0.15, 0.2) is 0 Å². The van der Waals surface area contributed by atoms with Crippen molar-refractivity contribution in [3.05, 3.63) is 60.1 Å². The van der Waals surface area contributed by atoms with Crippen LogP contribution in [-0.4, -0.2) is 12.5 Å². The highest BCUT2D eigenvalue weighted by atomic mass is 16.3. The van der Waals surface area contributed by atoms with Crippen molar-refractivity contribution >= 4 is 17.7 Å². The molecule has 102 valence electrons. The van der Waals surface area contributed by atoms with Gasteiger partial charge < -0.3 is 9.32 Å². The number of nitrogens with zero attached hydrogens (tertiary/aromatic N) is 1. The highest BCUT2D eigenvalue weighted by molar-refractivity contribution is 6.04. The Labute approximate surface area is 118 Å². The topological polar surface area (TPSA) is 33.5 Å². The smallest absolute Gasteiger partial charge is 0.251 e. The standard InChI is InChI=1S/C17H17NO2/c1-13-11-14-5-2-3-7-16(14)18(12-13)17(19)9-8-15-6-4-10-20-15/h2-10,13H,11-12H2,1H3. The van der Waals surface area contributed by atoms with Gasteiger partial charge in [-0.15, -0.1) is 0 Å². The molecule has 20 heavy (non-hydrogen) atoms. The maximum atomic E-state index is 12.4. The van der Waals surface area contributed by atoms with Crippen LogP contribution in [0.5, 0.6) is 0 Å². The Morgan fingerprint density at radius 3 is 2.95 bits per heavy atom. The maximum Gasteiger partial charge on any atom is 0.251 e. The van der Waals surface area contributed by atoms with Gasteiger partial charge in [-0.05, 0) is 42.2 Å². The van der Waals surface area contributed by atoms with Crippen LogP contribution in [0.15, 0.2) is 53.2 Å². The van der Waals surface area contributed by atoms with E-state index in [1.165, 1.54) is 5.56 Å². The Morgan fingerprint density at radius 2 is 2.15 bits per heavy atom. The lowest BCUT2D eigenvalue weighted by atomic mass is 9.94. The van der Waals surface area contributed by atoms with E-state index in [2.05, 4.69) is 13.0 Å². The Morgan fingerprint density at radius 1 is 1.30 bits per heavy atom. The minimum absolute atomic E-state index is 0.000370. The number of hydrogen-bond donors (Lipinski definition) is 0. The molecule has 1 aliphatic heterocycles. The SMILES string of the molecule is CC1Cc2ccccc2N(C(=O)C=Cc2ccco2)C1. The molecule has 1 atom stereocenters. The summed E-state index contributed by atoms with van der Waals surface area (Å²) < 4.78 is 5.20. The first kappa shape index (κ1) is 12.7. The van der Waals surface area contributed by atoms with Crippen LogP contribution in [0.1, 0.15) is 18.2 Å². The number of para-hydroxylation sites is 1. The van der Waals surface area contributed by atoms with Gasteiger partial charge in [-0.25, -0.2) is 0 Å². The van der Waals surface area contributed by atoms with Gasteiger partial charge in [-0.1, -0.05) is 25.1 Å². The first-order chi connectivity index (χ1) is 9.74. The zero-order chi connectivity index (χ0) is 13.9. The predicted octanol–water partition coefficient (Wildman–Crippen LogP) is 3.52. The molecule has 1 aromatic carbocycles. The number of furan rings is 1. The lowest BCUT2D eigenvalue weighted by Gasteiger charge is -2.32. The van der Waals surface area contributed by atoms with Crippen molar-refractivity contribution in [3.8, 4) is 0 Å². The fraction of sp³-hybridized carbons (Fsp3) is 0.235. The lowest BCUT2D eigenvalue weighted by molar-refractivity contribution is -0.114. The Hall–Kier alpha value is -2.29. The molecule has 2 aromatic rings. The second-order valence-electron chi connectivity index (χ2n) is 5.24. The van der Waals surface area contributed by atoms with Crippen LogP contribution in [-0.2, 0) is 11.2 Å². The van der Waals surface area contributed by atoms with E-state index in [1.54, 1.807) is 18.4 Å². The maximum absolute atomic E-state index is 12.4. The molecular formula is C17H17NO2. The number of anilines is 1. The fourth-order valence-corrected chi connectivity index (χ4v) is 2.63. The molecule has 0 bridgehead atoms. The van der Waals surface area contributed by atoms with Crippen LogP contribution in [0.3, 0.4) is 0 Å². The third kappa shape index (κ3) is 2.52. The van der Waals surface area contributed by atoms with Gasteiger partial charge >= 0.3 is 0 Å². The summed E-state index contributed by atoms with van der Waals surface area (Å²) in [6.07, 6.45) is 5.92. The van der Waals surface area contributed by atoms with Gasteiger partial charge in [0.1, 0.15) is 5.76 Å². The average molecular weight is 267 g/mol. The highest BCUT2D eigenvalue weighted by Gasteiger charge is 2.24. The van der Waals surface area contributed by atoms with Gasteiger partial charge in [0.05, 0.1) is 6.26 Å². The normalized spacial score (nSPS) is 18.2. The van der Waals surface area contributed by atoms with E-state index in [4.69, 9.17) is 4.42 Å². The molecular weight excluding hydrogens is 250 g/mol. The number of rotatable bonds is 2. The van der Waals surface area contributed by atoms with E-state index in [0.29, 0.717) is 11.7 Å². The number of carbonyl (C=O) groups excluding carboxylic acids is 1. The molecule has 3 rings (SSSR count). The minimum atomic E-state index is 0.000370. The van der Waals surface area contributed by atoms with E-state index in [1.807, 2.05) is 35.2 Å². The van der Waals surface area contributed by atoms with Crippen molar-refractivity contribution in [2.45, 2.75) is 13.3 Å². The number of carbonyl (C=O) groups is 1. The van der Waals surface area contributed by atoms with Gasteiger partial charge in [0, 0.05) is 18.3 Å². The summed E-state index contributed by atoms with van der Waals surface area (Å²) in [5.74, 6) is 1.17.